The second-order valence-electron chi connectivity index (χ2n) is 5.33. The van der Waals surface area contributed by atoms with E-state index in [0.29, 0.717) is 0 Å². The van der Waals surface area contributed by atoms with Crippen LogP contribution >= 0.6 is 0 Å². The molecule has 1 saturated carbocycles. The van der Waals surface area contributed by atoms with E-state index in [1.165, 1.54) is 25.7 Å². The van der Waals surface area contributed by atoms with Crippen molar-refractivity contribution in [2.24, 2.45) is 11.7 Å². The number of hydrogen-bond donors (Lipinski definition) is 1. The highest BCUT2D eigenvalue weighted by Gasteiger charge is 2.18. The first-order valence-electron chi connectivity index (χ1n) is 7.02. The molecule has 0 amide bonds. The zero-order valence-electron chi connectivity index (χ0n) is 11.3. The first kappa shape index (κ1) is 12.2. The van der Waals surface area contributed by atoms with Gasteiger partial charge in [0.1, 0.15) is 5.69 Å². The minimum atomic E-state index is 0.725. The summed E-state index contributed by atoms with van der Waals surface area (Å²) in [6.45, 7) is 1.94. The topological polar surface area (TPSA) is 56.2 Å². The van der Waals surface area contributed by atoms with Crippen LogP contribution in [0, 0.1) is 5.92 Å². The lowest BCUT2D eigenvalue weighted by Gasteiger charge is -2.11. The van der Waals surface area contributed by atoms with Crippen molar-refractivity contribution in [2.45, 2.75) is 39.0 Å². The first-order valence-corrected chi connectivity index (χ1v) is 7.02. The van der Waals surface area contributed by atoms with Crippen LogP contribution in [-0.2, 0) is 6.42 Å². The van der Waals surface area contributed by atoms with Gasteiger partial charge in [-0.25, -0.2) is 9.97 Å². The molecule has 0 aliphatic heterocycles. The molecule has 3 rings (SSSR count). The van der Waals surface area contributed by atoms with Crippen molar-refractivity contribution in [3.63, 3.8) is 0 Å². The van der Waals surface area contributed by atoms with Crippen LogP contribution in [0.2, 0.25) is 0 Å². The Morgan fingerprint density at radius 1 is 1.47 bits per heavy atom. The summed E-state index contributed by atoms with van der Waals surface area (Å²) in [6.07, 6.45) is 14.0. The zero-order chi connectivity index (χ0) is 13.2. The normalized spacial score (nSPS) is 17.4. The molecule has 2 aromatic heterocycles. The fourth-order valence-corrected chi connectivity index (χ4v) is 2.91. The Kier molecular flexibility index (Phi) is 3.23. The van der Waals surface area contributed by atoms with Gasteiger partial charge in [0.05, 0.1) is 11.4 Å². The number of fused-ring (bicyclic) bond motifs is 1. The number of imidazole rings is 1. The standard InChI is InChI=1S/C15H20N4/c1-2-12(16)14-10-19-8-7-17-15(19)13(18-14)9-11-5-3-4-6-11/h2,7-8,10-11H,3-6,9,16H2,1H3/b12-2-. The molecule has 2 N–H and O–H groups in total. The van der Waals surface area contributed by atoms with E-state index in [1.807, 2.05) is 36.0 Å². The van der Waals surface area contributed by atoms with Gasteiger partial charge in [0.2, 0.25) is 0 Å². The van der Waals surface area contributed by atoms with Crippen LogP contribution in [0.25, 0.3) is 11.3 Å². The van der Waals surface area contributed by atoms with Crippen LogP contribution in [0.3, 0.4) is 0 Å². The summed E-state index contributed by atoms with van der Waals surface area (Å²) in [5, 5.41) is 0. The maximum Gasteiger partial charge on any atom is 0.158 e. The molecule has 0 unspecified atom stereocenters. The van der Waals surface area contributed by atoms with Gasteiger partial charge in [-0.3, -0.25) is 0 Å². The summed E-state index contributed by atoms with van der Waals surface area (Å²) in [4.78, 5) is 9.16. The molecule has 4 heteroatoms. The highest BCUT2D eigenvalue weighted by Crippen LogP contribution is 2.28. The average Bonchev–Trinajstić information content (AvgIpc) is 3.08. The minimum absolute atomic E-state index is 0.725. The van der Waals surface area contributed by atoms with Gasteiger partial charge in [0.15, 0.2) is 5.65 Å². The quantitative estimate of drug-likeness (QED) is 0.918. The van der Waals surface area contributed by atoms with Crippen molar-refractivity contribution in [3.8, 4) is 0 Å². The van der Waals surface area contributed by atoms with E-state index in [1.54, 1.807) is 0 Å². The Hall–Kier alpha value is -1.84. The number of nitrogens with zero attached hydrogens (tertiary/aromatic N) is 3. The van der Waals surface area contributed by atoms with Crippen LogP contribution in [0.15, 0.2) is 24.7 Å². The molecule has 1 aliphatic rings. The van der Waals surface area contributed by atoms with Gasteiger partial charge in [-0.2, -0.15) is 0 Å². The Labute approximate surface area is 113 Å². The summed E-state index contributed by atoms with van der Waals surface area (Å²) in [5.41, 5.74) is 9.62. The molecule has 0 saturated heterocycles. The largest absolute Gasteiger partial charge is 0.397 e. The molecule has 2 aromatic rings. The third-order valence-corrected chi connectivity index (χ3v) is 4.01. The van der Waals surface area contributed by atoms with Crippen LogP contribution in [0.1, 0.15) is 44.0 Å². The SMILES string of the molecule is C/C=C(\N)c1cn2ccnc2c(CC2CCCC2)n1. The van der Waals surface area contributed by atoms with Crippen molar-refractivity contribution >= 4 is 11.3 Å². The number of allylic oxidation sites excluding steroid dienone is 1. The second kappa shape index (κ2) is 5.03. The molecular formula is C15H20N4. The maximum atomic E-state index is 6.00. The van der Waals surface area contributed by atoms with Gasteiger partial charge in [0.25, 0.3) is 0 Å². The fraction of sp³-hybridized carbons (Fsp3) is 0.467. The number of nitrogens with two attached hydrogens (primary N) is 1. The van der Waals surface area contributed by atoms with Crippen molar-refractivity contribution in [1.29, 1.82) is 0 Å². The average molecular weight is 256 g/mol. The van der Waals surface area contributed by atoms with E-state index >= 15 is 0 Å². The summed E-state index contributed by atoms with van der Waals surface area (Å²) in [5.74, 6) is 0.759. The molecule has 100 valence electrons. The minimum Gasteiger partial charge on any atom is -0.397 e. The summed E-state index contributed by atoms with van der Waals surface area (Å²) in [6, 6.07) is 0. The van der Waals surface area contributed by atoms with Gasteiger partial charge in [-0.15, -0.1) is 0 Å². The molecular weight excluding hydrogens is 236 g/mol. The molecule has 0 radical (unpaired) electrons. The first-order chi connectivity index (χ1) is 9.28. The number of aromatic nitrogens is 3. The van der Waals surface area contributed by atoms with Gasteiger partial charge in [-0.05, 0) is 19.3 Å². The predicted molar refractivity (Wildman–Crippen MR) is 76.5 cm³/mol. The Bertz CT molecular complexity index is 606. The molecule has 4 nitrogen and oxygen atoms in total. The Morgan fingerprint density at radius 2 is 2.26 bits per heavy atom. The van der Waals surface area contributed by atoms with E-state index in [-0.39, 0.29) is 0 Å². The molecule has 0 bridgehead atoms. The second-order valence-corrected chi connectivity index (χ2v) is 5.33. The van der Waals surface area contributed by atoms with Crippen molar-refractivity contribution in [3.05, 3.63) is 36.1 Å². The van der Waals surface area contributed by atoms with E-state index < -0.39 is 0 Å². The van der Waals surface area contributed by atoms with E-state index in [9.17, 15) is 0 Å². The molecule has 19 heavy (non-hydrogen) atoms. The van der Waals surface area contributed by atoms with E-state index in [4.69, 9.17) is 10.7 Å². The monoisotopic (exact) mass is 256 g/mol. The molecule has 1 aliphatic carbocycles. The van der Waals surface area contributed by atoms with Gasteiger partial charge in [-0.1, -0.05) is 31.8 Å². The van der Waals surface area contributed by atoms with Gasteiger partial charge < -0.3 is 10.1 Å². The lowest BCUT2D eigenvalue weighted by molar-refractivity contribution is 0.539. The van der Waals surface area contributed by atoms with Crippen LogP contribution in [-0.4, -0.2) is 14.4 Å². The third-order valence-electron chi connectivity index (χ3n) is 4.01. The lowest BCUT2D eigenvalue weighted by atomic mass is 10.0. The molecule has 0 atom stereocenters. The predicted octanol–water partition coefficient (Wildman–Crippen LogP) is 2.78. The Balaban J connectivity index is 2.02. The maximum absolute atomic E-state index is 6.00. The van der Waals surface area contributed by atoms with Crippen molar-refractivity contribution in [1.82, 2.24) is 14.4 Å². The summed E-state index contributed by atoms with van der Waals surface area (Å²) in [7, 11) is 0. The fourth-order valence-electron chi connectivity index (χ4n) is 2.91. The highest BCUT2D eigenvalue weighted by molar-refractivity contribution is 5.60. The van der Waals surface area contributed by atoms with Crippen molar-refractivity contribution in [2.75, 3.05) is 0 Å². The van der Waals surface area contributed by atoms with Crippen LogP contribution < -0.4 is 5.73 Å². The summed E-state index contributed by atoms with van der Waals surface area (Å²) >= 11 is 0. The van der Waals surface area contributed by atoms with E-state index in [2.05, 4.69) is 4.98 Å². The molecule has 0 spiro atoms. The Morgan fingerprint density at radius 3 is 3.00 bits per heavy atom. The number of hydrogen-bond acceptors (Lipinski definition) is 3. The van der Waals surface area contributed by atoms with Crippen molar-refractivity contribution < 1.29 is 0 Å². The molecule has 1 fully saturated rings. The number of rotatable bonds is 3. The zero-order valence-corrected chi connectivity index (χ0v) is 11.3. The molecule has 2 heterocycles. The van der Waals surface area contributed by atoms with Crippen LogP contribution in [0.4, 0.5) is 0 Å². The molecule has 0 aromatic carbocycles. The van der Waals surface area contributed by atoms with Crippen LogP contribution in [0.5, 0.6) is 0 Å². The smallest absolute Gasteiger partial charge is 0.158 e. The summed E-state index contributed by atoms with van der Waals surface area (Å²) < 4.78 is 2.03. The van der Waals surface area contributed by atoms with Gasteiger partial charge >= 0.3 is 0 Å². The van der Waals surface area contributed by atoms with Gasteiger partial charge in [0, 0.05) is 18.6 Å². The lowest BCUT2D eigenvalue weighted by Crippen LogP contribution is -2.08. The highest BCUT2D eigenvalue weighted by atomic mass is 15.0. The van der Waals surface area contributed by atoms with E-state index in [0.717, 1.165) is 35.1 Å². The third kappa shape index (κ3) is 2.35.